The van der Waals surface area contributed by atoms with Crippen LogP contribution in [0.3, 0.4) is 0 Å². The maximum atomic E-state index is 12.4. The molecule has 0 aliphatic heterocycles. The fourth-order valence-electron chi connectivity index (χ4n) is 8.29. The summed E-state index contributed by atoms with van der Waals surface area (Å²) < 4.78 is 10.9. The van der Waals surface area contributed by atoms with E-state index in [2.05, 4.69) is 19.9 Å². The Morgan fingerprint density at radius 2 is 1.77 bits per heavy atom. The number of non-ortho nitro benzene ring substituents is 1. The number of ether oxygens (including phenoxy) is 2. The van der Waals surface area contributed by atoms with E-state index in [9.17, 15) is 19.7 Å². The average molecular weight is 482 g/mol. The van der Waals surface area contributed by atoms with Gasteiger partial charge in [-0.3, -0.25) is 14.9 Å². The SMILES string of the molecule is CC(=O)C1CCC2C3CC=C4CC(OC(=O)Oc5ccc([N+](=O)[O-])cc5)CCC4(C)C3CCC12C. The van der Waals surface area contributed by atoms with Crippen LogP contribution in [0.5, 0.6) is 5.75 Å². The molecule has 3 saturated carbocycles. The Hall–Kier alpha value is -2.70. The molecule has 7 atom stereocenters. The van der Waals surface area contributed by atoms with Crippen LogP contribution in [-0.2, 0) is 9.53 Å². The molecular formula is C28H35NO6. The van der Waals surface area contributed by atoms with Gasteiger partial charge in [0.15, 0.2) is 0 Å². The number of allylic oxidation sites excluding steroid dienone is 1. The van der Waals surface area contributed by atoms with Crippen molar-refractivity contribution < 1.29 is 24.0 Å². The van der Waals surface area contributed by atoms with E-state index < -0.39 is 11.1 Å². The molecule has 0 N–H and O–H groups in total. The van der Waals surface area contributed by atoms with E-state index in [1.807, 2.05) is 0 Å². The van der Waals surface area contributed by atoms with E-state index in [0.29, 0.717) is 23.5 Å². The van der Waals surface area contributed by atoms with Crippen molar-refractivity contribution >= 4 is 17.6 Å². The lowest BCUT2D eigenvalue weighted by atomic mass is 9.47. The average Bonchev–Trinajstić information content (AvgIpc) is 3.17. The summed E-state index contributed by atoms with van der Waals surface area (Å²) in [7, 11) is 0. The zero-order chi connectivity index (χ0) is 25.0. The van der Waals surface area contributed by atoms with Gasteiger partial charge in [-0.05, 0) is 92.6 Å². The van der Waals surface area contributed by atoms with E-state index in [0.717, 1.165) is 38.5 Å². The summed E-state index contributed by atoms with van der Waals surface area (Å²) in [4.78, 5) is 35.0. The van der Waals surface area contributed by atoms with Gasteiger partial charge in [0, 0.05) is 24.5 Å². The molecule has 7 heteroatoms. The number of nitrogens with zero attached hydrogens (tertiary/aromatic N) is 1. The lowest BCUT2D eigenvalue weighted by Gasteiger charge is -2.58. The molecule has 0 saturated heterocycles. The van der Waals surface area contributed by atoms with Crippen molar-refractivity contribution in [2.45, 2.75) is 78.2 Å². The van der Waals surface area contributed by atoms with Crippen LogP contribution < -0.4 is 4.74 Å². The number of nitro groups is 1. The Bertz CT molecular complexity index is 1060. The second kappa shape index (κ2) is 8.75. The minimum atomic E-state index is -0.767. The molecule has 4 aliphatic carbocycles. The topological polar surface area (TPSA) is 95.7 Å². The first-order valence-corrected chi connectivity index (χ1v) is 12.9. The summed E-state index contributed by atoms with van der Waals surface area (Å²) in [6, 6.07) is 5.40. The minimum absolute atomic E-state index is 0.0581. The molecule has 1 aromatic carbocycles. The Labute approximate surface area is 206 Å². The Morgan fingerprint density at radius 3 is 2.46 bits per heavy atom. The normalized spacial score (nSPS) is 37.8. The summed E-state index contributed by atoms with van der Waals surface area (Å²) in [6.45, 7) is 6.55. The van der Waals surface area contributed by atoms with Crippen LogP contribution in [0.15, 0.2) is 35.9 Å². The molecule has 188 valence electrons. The van der Waals surface area contributed by atoms with Crippen molar-refractivity contribution in [2.24, 2.45) is 34.5 Å². The monoisotopic (exact) mass is 481 g/mol. The number of carbonyl (C=O) groups excluding carboxylic acids is 2. The van der Waals surface area contributed by atoms with Crippen LogP contribution >= 0.6 is 0 Å². The molecule has 5 rings (SSSR count). The molecule has 0 aromatic heterocycles. The third kappa shape index (κ3) is 4.07. The summed E-state index contributed by atoms with van der Waals surface area (Å²) in [5.41, 5.74) is 1.62. The van der Waals surface area contributed by atoms with Crippen LogP contribution in [0.4, 0.5) is 10.5 Å². The fraction of sp³-hybridized carbons (Fsp3) is 0.643. The zero-order valence-electron chi connectivity index (χ0n) is 20.8. The highest BCUT2D eigenvalue weighted by molar-refractivity contribution is 5.79. The van der Waals surface area contributed by atoms with E-state index in [-0.39, 0.29) is 34.3 Å². The van der Waals surface area contributed by atoms with Crippen molar-refractivity contribution in [3.63, 3.8) is 0 Å². The van der Waals surface area contributed by atoms with Crippen LogP contribution in [0.1, 0.15) is 72.1 Å². The highest BCUT2D eigenvalue weighted by Gasteiger charge is 2.59. The van der Waals surface area contributed by atoms with Gasteiger partial charge in [-0.2, -0.15) is 0 Å². The molecule has 0 radical (unpaired) electrons. The first kappa shape index (κ1) is 24.0. The Morgan fingerprint density at radius 1 is 1.03 bits per heavy atom. The van der Waals surface area contributed by atoms with Gasteiger partial charge >= 0.3 is 6.16 Å². The molecule has 7 nitrogen and oxygen atoms in total. The lowest BCUT2D eigenvalue weighted by Crippen LogP contribution is -2.51. The van der Waals surface area contributed by atoms with Gasteiger partial charge in [0.2, 0.25) is 0 Å². The quantitative estimate of drug-likeness (QED) is 0.157. The van der Waals surface area contributed by atoms with Crippen LogP contribution in [-0.4, -0.2) is 23.0 Å². The maximum Gasteiger partial charge on any atom is 0.514 e. The number of nitro benzene ring substituents is 1. The fourth-order valence-corrected chi connectivity index (χ4v) is 8.29. The number of fused-ring (bicyclic) bond motifs is 5. The van der Waals surface area contributed by atoms with Gasteiger partial charge in [0.05, 0.1) is 4.92 Å². The van der Waals surface area contributed by atoms with Crippen LogP contribution in [0.25, 0.3) is 0 Å². The van der Waals surface area contributed by atoms with Crippen molar-refractivity contribution in [2.75, 3.05) is 0 Å². The van der Waals surface area contributed by atoms with Gasteiger partial charge in [0.1, 0.15) is 17.6 Å². The van der Waals surface area contributed by atoms with E-state index in [1.54, 1.807) is 6.92 Å². The molecule has 1 aromatic rings. The van der Waals surface area contributed by atoms with Crippen molar-refractivity contribution in [3.05, 3.63) is 46.0 Å². The highest BCUT2D eigenvalue weighted by Crippen LogP contribution is 2.66. The third-order valence-electron chi connectivity index (χ3n) is 10.1. The first-order valence-electron chi connectivity index (χ1n) is 12.9. The van der Waals surface area contributed by atoms with Crippen LogP contribution in [0.2, 0.25) is 0 Å². The van der Waals surface area contributed by atoms with Crippen molar-refractivity contribution in [3.8, 4) is 5.75 Å². The number of rotatable bonds is 4. The number of hydrogen-bond donors (Lipinski definition) is 0. The highest BCUT2D eigenvalue weighted by atomic mass is 16.7. The lowest BCUT2D eigenvalue weighted by molar-refractivity contribution is -0.384. The number of benzene rings is 1. The van der Waals surface area contributed by atoms with Crippen molar-refractivity contribution in [1.82, 2.24) is 0 Å². The molecule has 0 amide bonds. The maximum absolute atomic E-state index is 12.4. The van der Waals surface area contributed by atoms with Gasteiger partial charge in [-0.15, -0.1) is 0 Å². The molecule has 4 aliphatic rings. The van der Waals surface area contributed by atoms with Gasteiger partial charge < -0.3 is 9.47 Å². The predicted molar refractivity (Wildman–Crippen MR) is 130 cm³/mol. The summed E-state index contributed by atoms with van der Waals surface area (Å²) in [5, 5.41) is 10.8. The Kier molecular flexibility index (Phi) is 6.01. The van der Waals surface area contributed by atoms with Crippen molar-refractivity contribution in [1.29, 1.82) is 0 Å². The molecule has 35 heavy (non-hydrogen) atoms. The number of carbonyl (C=O) groups is 2. The molecule has 0 bridgehead atoms. The number of hydrogen-bond acceptors (Lipinski definition) is 6. The third-order valence-corrected chi connectivity index (χ3v) is 10.1. The summed E-state index contributed by atoms with van der Waals surface area (Å²) in [5.74, 6) is 2.69. The predicted octanol–water partition coefficient (Wildman–Crippen LogP) is 6.65. The van der Waals surface area contributed by atoms with Gasteiger partial charge in [-0.25, -0.2) is 4.79 Å². The van der Waals surface area contributed by atoms with E-state index >= 15 is 0 Å². The second-order valence-electron chi connectivity index (χ2n) is 11.6. The van der Waals surface area contributed by atoms with Crippen LogP contribution in [0, 0.1) is 44.6 Å². The first-order chi connectivity index (χ1) is 16.6. The number of Topliss-reactive ketones (excluding diaryl/α,β-unsaturated/α-hetero) is 1. The minimum Gasteiger partial charge on any atom is -0.430 e. The van der Waals surface area contributed by atoms with Gasteiger partial charge in [0.25, 0.3) is 5.69 Å². The molecule has 7 unspecified atom stereocenters. The molecule has 3 fully saturated rings. The molecule has 0 spiro atoms. The smallest absolute Gasteiger partial charge is 0.430 e. The van der Waals surface area contributed by atoms with E-state index in [1.165, 1.54) is 42.7 Å². The largest absolute Gasteiger partial charge is 0.514 e. The Balaban J connectivity index is 1.24. The zero-order valence-corrected chi connectivity index (χ0v) is 20.8. The number of ketones is 1. The summed E-state index contributed by atoms with van der Waals surface area (Å²) >= 11 is 0. The molecule has 0 heterocycles. The summed E-state index contributed by atoms with van der Waals surface area (Å²) in [6.07, 6.45) is 9.49. The standard InChI is InChI=1S/C28H35NO6/c1-17(30)23-10-11-24-22-9-4-18-16-21(12-14-27(18,2)25(22)13-15-28(23,24)3)35-26(31)34-20-7-5-19(6-8-20)29(32)33/h4-8,21-25H,9-16H2,1-3H3. The van der Waals surface area contributed by atoms with E-state index in [4.69, 9.17) is 9.47 Å². The van der Waals surface area contributed by atoms with Gasteiger partial charge in [-0.1, -0.05) is 25.5 Å². The molecular weight excluding hydrogens is 446 g/mol. The second-order valence-corrected chi connectivity index (χ2v) is 11.6.